The first-order chi connectivity index (χ1) is 10.1. The molecule has 21 heavy (non-hydrogen) atoms. The second-order valence-corrected chi connectivity index (χ2v) is 5.44. The average molecular weight is 344 g/mol. The Kier molecular flexibility index (Phi) is 4.96. The van der Waals surface area contributed by atoms with E-state index in [-0.39, 0.29) is 5.91 Å². The fourth-order valence-electron chi connectivity index (χ4n) is 1.81. The number of carbonyl (C=O) groups excluding carboxylic acids is 1. The summed E-state index contributed by atoms with van der Waals surface area (Å²) in [4.78, 5) is 12.1. The minimum Gasteiger partial charge on any atom is -0.373 e. The SMILES string of the molecule is CC(Nc1ccc(Br)cc1C#N)C(=O)Nc1ccccc1. The van der Waals surface area contributed by atoms with Crippen LogP contribution in [0.25, 0.3) is 0 Å². The monoisotopic (exact) mass is 343 g/mol. The number of nitrogens with one attached hydrogen (secondary N) is 2. The van der Waals surface area contributed by atoms with E-state index in [1.165, 1.54) is 0 Å². The van der Waals surface area contributed by atoms with E-state index >= 15 is 0 Å². The molecule has 2 aromatic carbocycles. The van der Waals surface area contributed by atoms with Crippen molar-refractivity contribution in [1.29, 1.82) is 5.26 Å². The number of nitriles is 1. The molecule has 0 saturated heterocycles. The lowest BCUT2D eigenvalue weighted by atomic mass is 10.1. The Morgan fingerprint density at radius 2 is 1.95 bits per heavy atom. The molecule has 1 atom stereocenters. The van der Waals surface area contributed by atoms with E-state index in [4.69, 9.17) is 5.26 Å². The fourth-order valence-corrected chi connectivity index (χ4v) is 2.17. The van der Waals surface area contributed by atoms with Gasteiger partial charge in [-0.3, -0.25) is 4.79 Å². The number of carbonyl (C=O) groups is 1. The maximum absolute atomic E-state index is 12.1. The molecule has 0 bridgehead atoms. The first-order valence-electron chi connectivity index (χ1n) is 6.42. The molecule has 2 rings (SSSR count). The Hall–Kier alpha value is -2.32. The minimum atomic E-state index is -0.460. The maximum Gasteiger partial charge on any atom is 0.246 e. The third kappa shape index (κ3) is 4.07. The number of amides is 1. The average Bonchev–Trinajstić information content (AvgIpc) is 2.49. The van der Waals surface area contributed by atoms with E-state index in [1.807, 2.05) is 36.4 Å². The van der Waals surface area contributed by atoms with Gasteiger partial charge in [-0.05, 0) is 37.3 Å². The highest BCUT2D eigenvalue weighted by Gasteiger charge is 2.14. The molecule has 5 heteroatoms. The second kappa shape index (κ2) is 6.91. The molecule has 1 amide bonds. The highest BCUT2D eigenvalue weighted by molar-refractivity contribution is 9.10. The third-order valence-electron chi connectivity index (χ3n) is 2.91. The van der Waals surface area contributed by atoms with Gasteiger partial charge in [-0.2, -0.15) is 5.26 Å². The van der Waals surface area contributed by atoms with E-state index in [2.05, 4.69) is 32.6 Å². The molecule has 0 radical (unpaired) electrons. The molecule has 2 aromatic rings. The quantitative estimate of drug-likeness (QED) is 0.888. The second-order valence-electron chi connectivity index (χ2n) is 4.52. The molecule has 0 aliphatic rings. The third-order valence-corrected chi connectivity index (χ3v) is 3.40. The number of halogens is 1. The highest BCUT2D eigenvalue weighted by Crippen LogP contribution is 2.21. The van der Waals surface area contributed by atoms with Crippen molar-refractivity contribution in [2.45, 2.75) is 13.0 Å². The van der Waals surface area contributed by atoms with Crippen LogP contribution in [-0.2, 0) is 4.79 Å². The van der Waals surface area contributed by atoms with Crippen LogP contribution in [0.1, 0.15) is 12.5 Å². The van der Waals surface area contributed by atoms with Gasteiger partial charge in [-0.25, -0.2) is 0 Å². The molecule has 0 spiro atoms. The van der Waals surface area contributed by atoms with Crippen LogP contribution in [-0.4, -0.2) is 11.9 Å². The zero-order valence-electron chi connectivity index (χ0n) is 11.4. The van der Waals surface area contributed by atoms with Crippen molar-refractivity contribution in [3.63, 3.8) is 0 Å². The van der Waals surface area contributed by atoms with Crippen molar-refractivity contribution in [3.05, 3.63) is 58.6 Å². The van der Waals surface area contributed by atoms with E-state index < -0.39 is 6.04 Å². The van der Waals surface area contributed by atoms with Crippen LogP contribution in [0.2, 0.25) is 0 Å². The lowest BCUT2D eigenvalue weighted by molar-refractivity contribution is -0.116. The predicted octanol–water partition coefficient (Wildman–Crippen LogP) is 3.76. The first kappa shape index (κ1) is 15.1. The van der Waals surface area contributed by atoms with Crippen molar-refractivity contribution < 1.29 is 4.79 Å². The summed E-state index contributed by atoms with van der Waals surface area (Å²) in [6.45, 7) is 1.75. The minimum absolute atomic E-state index is 0.159. The maximum atomic E-state index is 12.1. The normalized spacial score (nSPS) is 11.3. The van der Waals surface area contributed by atoms with Gasteiger partial charge in [0, 0.05) is 10.2 Å². The number of hydrogen-bond acceptors (Lipinski definition) is 3. The lowest BCUT2D eigenvalue weighted by Gasteiger charge is -2.16. The molecule has 0 aliphatic carbocycles. The van der Waals surface area contributed by atoms with Crippen molar-refractivity contribution in [3.8, 4) is 6.07 Å². The molecule has 2 N–H and O–H groups in total. The number of nitrogens with zero attached hydrogens (tertiary/aromatic N) is 1. The smallest absolute Gasteiger partial charge is 0.246 e. The van der Waals surface area contributed by atoms with Crippen molar-refractivity contribution in [1.82, 2.24) is 0 Å². The zero-order chi connectivity index (χ0) is 15.2. The Balaban J connectivity index is 2.06. The molecular weight excluding hydrogens is 330 g/mol. The number of rotatable bonds is 4. The summed E-state index contributed by atoms with van der Waals surface area (Å²) in [5, 5.41) is 15.0. The number of para-hydroxylation sites is 1. The Morgan fingerprint density at radius 3 is 2.62 bits per heavy atom. The van der Waals surface area contributed by atoms with Crippen LogP contribution in [0.15, 0.2) is 53.0 Å². The van der Waals surface area contributed by atoms with Crippen molar-refractivity contribution >= 4 is 33.2 Å². The summed E-state index contributed by atoms with van der Waals surface area (Å²) in [5.74, 6) is -0.159. The summed E-state index contributed by atoms with van der Waals surface area (Å²) < 4.78 is 0.825. The van der Waals surface area contributed by atoms with Crippen LogP contribution in [0, 0.1) is 11.3 Å². The largest absolute Gasteiger partial charge is 0.373 e. The summed E-state index contributed by atoms with van der Waals surface area (Å²) in [6.07, 6.45) is 0. The van der Waals surface area contributed by atoms with Gasteiger partial charge >= 0.3 is 0 Å². The van der Waals surface area contributed by atoms with Gasteiger partial charge in [0.1, 0.15) is 12.1 Å². The number of hydrogen-bond donors (Lipinski definition) is 2. The van der Waals surface area contributed by atoms with E-state index in [0.29, 0.717) is 11.3 Å². The van der Waals surface area contributed by atoms with Gasteiger partial charge in [-0.15, -0.1) is 0 Å². The van der Waals surface area contributed by atoms with E-state index in [1.54, 1.807) is 19.1 Å². The Morgan fingerprint density at radius 1 is 1.24 bits per heavy atom. The van der Waals surface area contributed by atoms with Gasteiger partial charge in [0.2, 0.25) is 5.91 Å². The van der Waals surface area contributed by atoms with E-state index in [0.717, 1.165) is 10.2 Å². The predicted molar refractivity (Wildman–Crippen MR) is 87.0 cm³/mol. The molecule has 106 valence electrons. The van der Waals surface area contributed by atoms with Crippen LogP contribution in [0.3, 0.4) is 0 Å². The van der Waals surface area contributed by atoms with Gasteiger partial charge < -0.3 is 10.6 Å². The van der Waals surface area contributed by atoms with Crippen molar-refractivity contribution in [2.75, 3.05) is 10.6 Å². The topological polar surface area (TPSA) is 64.9 Å². The molecule has 0 fully saturated rings. The van der Waals surface area contributed by atoms with Gasteiger partial charge in [0.25, 0.3) is 0 Å². The molecule has 0 saturated carbocycles. The Labute approximate surface area is 131 Å². The zero-order valence-corrected chi connectivity index (χ0v) is 13.0. The van der Waals surface area contributed by atoms with Crippen LogP contribution >= 0.6 is 15.9 Å². The molecule has 4 nitrogen and oxygen atoms in total. The highest BCUT2D eigenvalue weighted by atomic mass is 79.9. The first-order valence-corrected chi connectivity index (χ1v) is 7.21. The summed E-state index contributed by atoms with van der Waals surface area (Å²) >= 11 is 3.32. The molecule has 0 aromatic heterocycles. The van der Waals surface area contributed by atoms with Crippen LogP contribution < -0.4 is 10.6 Å². The molecule has 0 aliphatic heterocycles. The summed E-state index contributed by atoms with van der Waals surface area (Å²) in [6, 6.07) is 16.2. The molecule has 0 heterocycles. The summed E-state index contributed by atoms with van der Waals surface area (Å²) in [5.41, 5.74) is 1.87. The molecule has 1 unspecified atom stereocenters. The van der Waals surface area contributed by atoms with Crippen molar-refractivity contribution in [2.24, 2.45) is 0 Å². The van der Waals surface area contributed by atoms with Crippen LogP contribution in [0.5, 0.6) is 0 Å². The number of benzene rings is 2. The summed E-state index contributed by atoms with van der Waals surface area (Å²) in [7, 11) is 0. The van der Waals surface area contributed by atoms with Gasteiger partial charge in [0.15, 0.2) is 0 Å². The molecular formula is C16H14BrN3O. The van der Waals surface area contributed by atoms with Crippen LogP contribution in [0.4, 0.5) is 11.4 Å². The van der Waals surface area contributed by atoms with Gasteiger partial charge in [-0.1, -0.05) is 34.1 Å². The lowest BCUT2D eigenvalue weighted by Crippen LogP contribution is -2.32. The fraction of sp³-hybridized carbons (Fsp3) is 0.125. The Bertz CT molecular complexity index is 680. The standard InChI is InChI=1S/C16H14BrN3O/c1-11(16(21)20-14-5-3-2-4-6-14)19-15-8-7-13(17)9-12(15)10-18/h2-9,11,19H,1H3,(H,20,21). The number of anilines is 2. The van der Waals surface area contributed by atoms with Gasteiger partial charge in [0.05, 0.1) is 11.3 Å². The van der Waals surface area contributed by atoms with E-state index in [9.17, 15) is 4.79 Å².